The van der Waals surface area contributed by atoms with Gasteiger partial charge in [-0.1, -0.05) is 18.2 Å². The van der Waals surface area contributed by atoms with Crippen molar-refractivity contribution in [3.63, 3.8) is 0 Å². The molecule has 2 aromatic carbocycles. The van der Waals surface area contributed by atoms with E-state index >= 15 is 0 Å². The van der Waals surface area contributed by atoms with Crippen LogP contribution in [-0.2, 0) is 0 Å². The van der Waals surface area contributed by atoms with Gasteiger partial charge in [0, 0.05) is 5.56 Å². The molecule has 0 aromatic heterocycles. The Labute approximate surface area is 98.8 Å². The van der Waals surface area contributed by atoms with Gasteiger partial charge >= 0.3 is 0 Å². The zero-order chi connectivity index (χ0) is 12.3. The van der Waals surface area contributed by atoms with Crippen LogP contribution in [0.15, 0.2) is 48.5 Å². The third-order valence-corrected chi connectivity index (χ3v) is 2.27. The van der Waals surface area contributed by atoms with Crippen molar-refractivity contribution >= 4 is 11.6 Å². The molecule has 4 nitrogen and oxygen atoms in total. The van der Waals surface area contributed by atoms with E-state index in [1.807, 2.05) is 18.2 Å². The minimum absolute atomic E-state index is 0.366. The third kappa shape index (κ3) is 2.55. The number of nitrogen functional groups attached to an aromatic ring is 1. The molecule has 0 saturated carbocycles. The molecule has 0 spiro atoms. The van der Waals surface area contributed by atoms with Crippen molar-refractivity contribution in [2.24, 2.45) is 5.73 Å². The molecule has 0 bridgehead atoms. The summed E-state index contributed by atoms with van der Waals surface area (Å²) in [6.45, 7) is 0. The average molecular weight is 228 g/mol. The predicted octanol–water partition coefficient (Wildman–Crippen LogP) is 2.16. The van der Waals surface area contributed by atoms with E-state index < -0.39 is 5.91 Å². The van der Waals surface area contributed by atoms with Gasteiger partial charge in [-0.25, -0.2) is 0 Å². The molecule has 17 heavy (non-hydrogen) atoms. The molecule has 2 rings (SSSR count). The highest BCUT2D eigenvalue weighted by Crippen LogP contribution is 2.28. The molecule has 0 aliphatic rings. The van der Waals surface area contributed by atoms with Crippen molar-refractivity contribution in [3.05, 3.63) is 54.1 Å². The number of para-hydroxylation sites is 1. The lowest BCUT2D eigenvalue weighted by Crippen LogP contribution is -2.11. The summed E-state index contributed by atoms with van der Waals surface area (Å²) in [5, 5.41) is 0. The van der Waals surface area contributed by atoms with Gasteiger partial charge in [0.2, 0.25) is 5.91 Å². The van der Waals surface area contributed by atoms with Crippen LogP contribution in [0.5, 0.6) is 11.5 Å². The van der Waals surface area contributed by atoms with Crippen LogP contribution in [0.25, 0.3) is 0 Å². The summed E-state index contributed by atoms with van der Waals surface area (Å²) in [6.07, 6.45) is 0. The molecule has 0 heterocycles. The van der Waals surface area contributed by atoms with E-state index in [1.165, 1.54) is 6.07 Å². The number of nitrogens with two attached hydrogens (primary N) is 2. The molecule has 0 radical (unpaired) electrons. The standard InChI is InChI=1S/C13H12N2O2/c14-11-7-6-9(13(15)16)8-12(11)17-10-4-2-1-3-5-10/h1-8H,14H2,(H2,15,16). The molecular weight excluding hydrogens is 216 g/mol. The van der Waals surface area contributed by atoms with Gasteiger partial charge in [0.15, 0.2) is 5.75 Å². The van der Waals surface area contributed by atoms with Crippen molar-refractivity contribution in [1.29, 1.82) is 0 Å². The van der Waals surface area contributed by atoms with Crippen molar-refractivity contribution in [2.75, 3.05) is 5.73 Å². The van der Waals surface area contributed by atoms with Gasteiger partial charge in [0.1, 0.15) is 5.75 Å². The number of carbonyl (C=O) groups excluding carboxylic acids is 1. The minimum Gasteiger partial charge on any atom is -0.455 e. The molecule has 0 fully saturated rings. The Morgan fingerprint density at radius 3 is 2.41 bits per heavy atom. The Bertz CT molecular complexity index is 538. The number of rotatable bonds is 3. The molecule has 4 N–H and O–H groups in total. The lowest BCUT2D eigenvalue weighted by Gasteiger charge is -2.09. The van der Waals surface area contributed by atoms with Crippen LogP contribution < -0.4 is 16.2 Å². The first-order valence-electron chi connectivity index (χ1n) is 5.09. The number of benzene rings is 2. The Morgan fingerprint density at radius 2 is 1.76 bits per heavy atom. The summed E-state index contributed by atoms with van der Waals surface area (Å²) in [5.74, 6) is 0.566. The van der Waals surface area contributed by atoms with Gasteiger partial charge in [0.25, 0.3) is 0 Å². The van der Waals surface area contributed by atoms with Crippen LogP contribution in [0.4, 0.5) is 5.69 Å². The lowest BCUT2D eigenvalue weighted by molar-refractivity contribution is 0.1000. The summed E-state index contributed by atoms with van der Waals surface area (Å²) < 4.78 is 5.57. The maximum Gasteiger partial charge on any atom is 0.248 e. The second-order valence-corrected chi connectivity index (χ2v) is 3.53. The quantitative estimate of drug-likeness (QED) is 0.790. The van der Waals surface area contributed by atoms with Crippen molar-refractivity contribution in [2.45, 2.75) is 0 Å². The Balaban J connectivity index is 2.32. The van der Waals surface area contributed by atoms with Crippen LogP contribution in [0, 0.1) is 0 Å². The van der Waals surface area contributed by atoms with Crippen molar-refractivity contribution in [3.8, 4) is 11.5 Å². The normalized spacial score (nSPS) is 9.88. The monoisotopic (exact) mass is 228 g/mol. The van der Waals surface area contributed by atoms with Crippen LogP contribution in [0.3, 0.4) is 0 Å². The molecule has 0 aliphatic heterocycles. The van der Waals surface area contributed by atoms with Gasteiger partial charge < -0.3 is 16.2 Å². The Morgan fingerprint density at radius 1 is 1.06 bits per heavy atom. The largest absolute Gasteiger partial charge is 0.455 e. The van der Waals surface area contributed by atoms with E-state index in [4.69, 9.17) is 16.2 Å². The number of hydrogen-bond donors (Lipinski definition) is 2. The molecule has 0 aliphatic carbocycles. The molecule has 1 amide bonds. The number of amides is 1. The summed E-state index contributed by atoms with van der Waals surface area (Å²) >= 11 is 0. The van der Waals surface area contributed by atoms with E-state index in [0.717, 1.165) is 0 Å². The third-order valence-electron chi connectivity index (χ3n) is 2.27. The fourth-order valence-electron chi connectivity index (χ4n) is 1.39. The first-order valence-corrected chi connectivity index (χ1v) is 5.09. The first kappa shape index (κ1) is 11.0. The number of anilines is 1. The summed E-state index contributed by atoms with van der Waals surface area (Å²) in [6, 6.07) is 13.9. The molecular formula is C13H12N2O2. The minimum atomic E-state index is -0.511. The van der Waals surface area contributed by atoms with Crippen molar-refractivity contribution in [1.82, 2.24) is 0 Å². The molecule has 0 atom stereocenters. The molecule has 0 unspecified atom stereocenters. The van der Waals surface area contributed by atoms with Gasteiger partial charge in [-0.2, -0.15) is 0 Å². The summed E-state index contributed by atoms with van der Waals surface area (Å²) in [7, 11) is 0. The highest BCUT2D eigenvalue weighted by atomic mass is 16.5. The summed E-state index contributed by atoms with van der Waals surface area (Å²) in [4.78, 5) is 11.0. The Kier molecular flexibility index (Phi) is 2.96. The van der Waals surface area contributed by atoms with E-state index in [0.29, 0.717) is 22.7 Å². The number of hydrogen-bond acceptors (Lipinski definition) is 3. The maximum absolute atomic E-state index is 11.0. The van der Waals surface area contributed by atoms with Gasteiger partial charge in [0.05, 0.1) is 5.69 Å². The lowest BCUT2D eigenvalue weighted by atomic mass is 10.2. The molecule has 4 heteroatoms. The highest BCUT2D eigenvalue weighted by molar-refractivity contribution is 5.93. The molecule has 86 valence electrons. The SMILES string of the molecule is NC(=O)c1ccc(N)c(Oc2ccccc2)c1. The van der Waals surface area contributed by atoms with Crippen LogP contribution in [0.2, 0.25) is 0 Å². The second-order valence-electron chi connectivity index (χ2n) is 3.53. The zero-order valence-electron chi connectivity index (χ0n) is 9.09. The Hall–Kier alpha value is -2.49. The van der Waals surface area contributed by atoms with E-state index in [2.05, 4.69) is 0 Å². The zero-order valence-corrected chi connectivity index (χ0v) is 9.09. The number of primary amides is 1. The van der Waals surface area contributed by atoms with Crippen LogP contribution >= 0.6 is 0 Å². The number of ether oxygens (including phenoxy) is 1. The summed E-state index contributed by atoms with van der Waals surface area (Å²) in [5.41, 5.74) is 11.8. The highest BCUT2D eigenvalue weighted by Gasteiger charge is 2.06. The molecule has 2 aromatic rings. The molecule has 0 saturated heterocycles. The van der Waals surface area contributed by atoms with Gasteiger partial charge in [-0.05, 0) is 30.3 Å². The second kappa shape index (κ2) is 4.57. The van der Waals surface area contributed by atoms with E-state index in [1.54, 1.807) is 24.3 Å². The van der Waals surface area contributed by atoms with E-state index in [-0.39, 0.29) is 0 Å². The fourth-order valence-corrected chi connectivity index (χ4v) is 1.39. The topological polar surface area (TPSA) is 78.3 Å². The fraction of sp³-hybridized carbons (Fsp3) is 0. The smallest absolute Gasteiger partial charge is 0.248 e. The first-order chi connectivity index (χ1) is 8.16. The van der Waals surface area contributed by atoms with E-state index in [9.17, 15) is 4.79 Å². The van der Waals surface area contributed by atoms with Gasteiger partial charge in [-0.3, -0.25) is 4.79 Å². The van der Waals surface area contributed by atoms with Crippen LogP contribution in [-0.4, -0.2) is 5.91 Å². The van der Waals surface area contributed by atoms with Crippen molar-refractivity contribution < 1.29 is 9.53 Å². The maximum atomic E-state index is 11.0. The van der Waals surface area contributed by atoms with Crippen LogP contribution in [0.1, 0.15) is 10.4 Å². The van der Waals surface area contributed by atoms with Gasteiger partial charge in [-0.15, -0.1) is 0 Å². The number of carbonyl (C=O) groups is 1. The predicted molar refractivity (Wildman–Crippen MR) is 65.9 cm³/mol. The average Bonchev–Trinajstić information content (AvgIpc) is 2.33.